The van der Waals surface area contributed by atoms with Crippen molar-refractivity contribution in [1.82, 2.24) is 15.5 Å². The zero-order valence-electron chi connectivity index (χ0n) is 14.4. The molecule has 3 rings (SSSR count). The summed E-state index contributed by atoms with van der Waals surface area (Å²) < 4.78 is 0. The van der Waals surface area contributed by atoms with E-state index >= 15 is 0 Å². The summed E-state index contributed by atoms with van der Waals surface area (Å²) in [5.41, 5.74) is 1.41. The van der Waals surface area contributed by atoms with Crippen LogP contribution < -0.4 is 10.6 Å². The number of carbonyl (C=O) groups is 1. The van der Waals surface area contributed by atoms with Gasteiger partial charge in [0.15, 0.2) is 0 Å². The fourth-order valence-corrected chi connectivity index (χ4v) is 3.69. The molecule has 0 radical (unpaired) electrons. The summed E-state index contributed by atoms with van der Waals surface area (Å²) in [7, 11) is 0. The van der Waals surface area contributed by atoms with Crippen LogP contribution in [0.2, 0.25) is 0 Å². The first-order valence-electron chi connectivity index (χ1n) is 9.06. The summed E-state index contributed by atoms with van der Waals surface area (Å²) in [6.07, 6.45) is 4.30. The molecule has 1 aromatic carbocycles. The highest BCUT2D eigenvalue weighted by atomic mass is 35.5. The fraction of sp³-hybridized carbons (Fsp3) is 0.632. The molecule has 0 aromatic heterocycles. The molecule has 1 unspecified atom stereocenters. The topological polar surface area (TPSA) is 44.4 Å². The molecule has 4 nitrogen and oxygen atoms in total. The number of benzene rings is 1. The Morgan fingerprint density at radius 2 is 1.92 bits per heavy atom. The molecule has 1 amide bonds. The molecular weight excluding hydrogens is 322 g/mol. The molecule has 0 bridgehead atoms. The number of halogens is 1. The van der Waals surface area contributed by atoms with Gasteiger partial charge in [0.25, 0.3) is 0 Å². The van der Waals surface area contributed by atoms with Crippen molar-refractivity contribution in [2.45, 2.75) is 25.7 Å². The quantitative estimate of drug-likeness (QED) is 0.824. The summed E-state index contributed by atoms with van der Waals surface area (Å²) >= 11 is 0. The number of nitrogens with zero attached hydrogens (tertiary/aromatic N) is 1. The van der Waals surface area contributed by atoms with E-state index in [0.717, 1.165) is 52.0 Å². The molecule has 1 atom stereocenters. The van der Waals surface area contributed by atoms with E-state index in [1.807, 2.05) is 0 Å². The van der Waals surface area contributed by atoms with Gasteiger partial charge in [0.05, 0.1) is 0 Å². The summed E-state index contributed by atoms with van der Waals surface area (Å²) in [5.74, 6) is 1.12. The maximum absolute atomic E-state index is 12.2. The number of piperidine rings is 1. The third kappa shape index (κ3) is 5.76. The van der Waals surface area contributed by atoms with Gasteiger partial charge in [-0.1, -0.05) is 30.3 Å². The predicted octanol–water partition coefficient (Wildman–Crippen LogP) is 2.09. The standard InChI is InChI=1S/C19H29N3O.ClH/c23-19(18-6-10-20-11-7-18)21-14-17-9-13-22(15-17)12-8-16-4-2-1-3-5-16;/h1-5,17-18,20H,6-15H2,(H,21,23);1H. The van der Waals surface area contributed by atoms with Crippen molar-refractivity contribution >= 4 is 18.3 Å². The van der Waals surface area contributed by atoms with Crippen LogP contribution in [0.25, 0.3) is 0 Å². The highest BCUT2D eigenvalue weighted by molar-refractivity contribution is 5.85. The van der Waals surface area contributed by atoms with E-state index in [9.17, 15) is 4.79 Å². The van der Waals surface area contributed by atoms with Crippen LogP contribution in [0, 0.1) is 11.8 Å². The van der Waals surface area contributed by atoms with Gasteiger partial charge in [-0.3, -0.25) is 4.79 Å². The first kappa shape index (κ1) is 19.2. The molecule has 2 saturated heterocycles. The Morgan fingerprint density at radius 3 is 2.67 bits per heavy atom. The Hall–Kier alpha value is -1.10. The second kappa shape index (κ2) is 10.0. The van der Waals surface area contributed by atoms with E-state index in [4.69, 9.17) is 0 Å². The van der Waals surface area contributed by atoms with Gasteiger partial charge in [0, 0.05) is 25.6 Å². The molecule has 1 aromatic rings. The number of carbonyl (C=O) groups excluding carboxylic acids is 1. The highest BCUT2D eigenvalue weighted by Crippen LogP contribution is 2.17. The molecule has 2 fully saturated rings. The molecule has 2 heterocycles. The maximum Gasteiger partial charge on any atom is 0.223 e. The molecular formula is C19H30ClN3O. The van der Waals surface area contributed by atoms with Crippen LogP contribution in [-0.2, 0) is 11.2 Å². The SMILES string of the molecule is Cl.O=C(NCC1CCN(CCc2ccccc2)C1)C1CCNCC1. The molecule has 0 spiro atoms. The third-order valence-corrected chi connectivity index (χ3v) is 5.20. The molecule has 0 saturated carbocycles. The second-order valence-corrected chi connectivity index (χ2v) is 6.96. The van der Waals surface area contributed by atoms with Gasteiger partial charge in [-0.25, -0.2) is 0 Å². The van der Waals surface area contributed by atoms with Crippen LogP contribution in [0.1, 0.15) is 24.8 Å². The lowest BCUT2D eigenvalue weighted by Gasteiger charge is -2.22. The van der Waals surface area contributed by atoms with E-state index in [0.29, 0.717) is 5.92 Å². The zero-order valence-corrected chi connectivity index (χ0v) is 15.2. The lowest BCUT2D eigenvalue weighted by molar-refractivity contribution is -0.125. The van der Waals surface area contributed by atoms with Gasteiger partial charge in [-0.15, -0.1) is 12.4 Å². The van der Waals surface area contributed by atoms with Crippen LogP contribution in [0.5, 0.6) is 0 Å². The van der Waals surface area contributed by atoms with Gasteiger partial charge in [-0.2, -0.15) is 0 Å². The van der Waals surface area contributed by atoms with E-state index in [1.165, 1.54) is 18.5 Å². The number of hydrogen-bond acceptors (Lipinski definition) is 3. The number of hydrogen-bond donors (Lipinski definition) is 2. The van der Waals surface area contributed by atoms with E-state index in [2.05, 4.69) is 45.9 Å². The molecule has 24 heavy (non-hydrogen) atoms. The van der Waals surface area contributed by atoms with Crippen molar-refractivity contribution < 1.29 is 4.79 Å². The maximum atomic E-state index is 12.2. The minimum absolute atomic E-state index is 0. The van der Waals surface area contributed by atoms with Crippen molar-refractivity contribution in [3.05, 3.63) is 35.9 Å². The smallest absolute Gasteiger partial charge is 0.223 e. The monoisotopic (exact) mass is 351 g/mol. The lowest BCUT2D eigenvalue weighted by atomic mass is 9.97. The molecule has 5 heteroatoms. The van der Waals surface area contributed by atoms with Crippen LogP contribution in [0.15, 0.2) is 30.3 Å². The predicted molar refractivity (Wildman–Crippen MR) is 101 cm³/mol. The van der Waals surface area contributed by atoms with Gasteiger partial charge in [-0.05, 0) is 56.8 Å². The van der Waals surface area contributed by atoms with E-state index in [1.54, 1.807) is 0 Å². The molecule has 2 aliphatic rings. The lowest BCUT2D eigenvalue weighted by Crippen LogP contribution is -2.40. The Morgan fingerprint density at radius 1 is 1.17 bits per heavy atom. The van der Waals surface area contributed by atoms with E-state index in [-0.39, 0.29) is 24.2 Å². The minimum Gasteiger partial charge on any atom is -0.356 e. The Balaban J connectivity index is 0.00000208. The molecule has 0 aliphatic carbocycles. The Labute approximate surface area is 151 Å². The normalized spacial score (nSPS) is 22.1. The van der Waals surface area contributed by atoms with Crippen molar-refractivity contribution in [2.24, 2.45) is 11.8 Å². The number of nitrogens with one attached hydrogen (secondary N) is 2. The molecule has 134 valence electrons. The summed E-state index contributed by atoms with van der Waals surface area (Å²) in [6.45, 7) is 6.23. The number of likely N-dealkylation sites (tertiary alicyclic amines) is 1. The van der Waals surface area contributed by atoms with Crippen molar-refractivity contribution in [2.75, 3.05) is 39.3 Å². The van der Waals surface area contributed by atoms with Crippen molar-refractivity contribution in [1.29, 1.82) is 0 Å². The Kier molecular flexibility index (Phi) is 8.03. The van der Waals surface area contributed by atoms with Crippen LogP contribution in [0.3, 0.4) is 0 Å². The Bertz CT molecular complexity index is 491. The average molecular weight is 352 g/mol. The summed E-state index contributed by atoms with van der Waals surface area (Å²) in [4.78, 5) is 14.7. The molecule has 2 N–H and O–H groups in total. The minimum atomic E-state index is 0. The largest absolute Gasteiger partial charge is 0.356 e. The van der Waals surface area contributed by atoms with Gasteiger partial charge in [0.1, 0.15) is 0 Å². The first-order chi connectivity index (χ1) is 11.3. The van der Waals surface area contributed by atoms with Gasteiger partial charge < -0.3 is 15.5 Å². The second-order valence-electron chi connectivity index (χ2n) is 6.96. The summed E-state index contributed by atoms with van der Waals surface area (Å²) in [5, 5.41) is 6.51. The molecule has 2 aliphatic heterocycles. The first-order valence-corrected chi connectivity index (χ1v) is 9.06. The van der Waals surface area contributed by atoms with Crippen LogP contribution in [0.4, 0.5) is 0 Å². The van der Waals surface area contributed by atoms with Crippen LogP contribution in [-0.4, -0.2) is 50.1 Å². The number of rotatable bonds is 6. The van der Waals surface area contributed by atoms with E-state index < -0.39 is 0 Å². The fourth-order valence-electron chi connectivity index (χ4n) is 3.69. The van der Waals surface area contributed by atoms with Gasteiger partial charge >= 0.3 is 0 Å². The van der Waals surface area contributed by atoms with Crippen molar-refractivity contribution in [3.63, 3.8) is 0 Å². The van der Waals surface area contributed by atoms with Crippen molar-refractivity contribution in [3.8, 4) is 0 Å². The summed E-state index contributed by atoms with van der Waals surface area (Å²) in [6, 6.07) is 10.7. The third-order valence-electron chi connectivity index (χ3n) is 5.20. The van der Waals surface area contributed by atoms with Crippen LogP contribution >= 0.6 is 12.4 Å². The average Bonchev–Trinajstić information content (AvgIpc) is 3.07. The van der Waals surface area contributed by atoms with Gasteiger partial charge in [0.2, 0.25) is 5.91 Å². The highest BCUT2D eigenvalue weighted by Gasteiger charge is 2.25. The zero-order chi connectivity index (χ0) is 15.9. The number of amides is 1.